The van der Waals surface area contributed by atoms with Crippen LogP contribution in [0.1, 0.15) is 63.6 Å². The summed E-state index contributed by atoms with van der Waals surface area (Å²) in [4.78, 5) is 0. The number of ether oxygens (including phenoxy) is 1. The average molecular weight is 278 g/mol. The molecule has 1 saturated heterocycles. The maximum Gasteiger partial charge on any atom is 0.0857 e. The second-order valence-electron chi connectivity index (χ2n) is 6.41. The third-order valence-electron chi connectivity index (χ3n) is 4.72. The number of aliphatic hydroxyl groups is 1. The molecule has 1 aromatic rings. The van der Waals surface area contributed by atoms with E-state index in [0.29, 0.717) is 12.5 Å². The van der Waals surface area contributed by atoms with Gasteiger partial charge in [0.2, 0.25) is 0 Å². The molecule has 0 aromatic carbocycles. The highest BCUT2D eigenvalue weighted by molar-refractivity contribution is 5.03. The lowest BCUT2D eigenvalue weighted by atomic mass is 9.96. The van der Waals surface area contributed by atoms with Crippen LogP contribution in [0.4, 0.5) is 0 Å². The molecule has 1 aliphatic heterocycles. The van der Waals surface area contributed by atoms with E-state index in [-0.39, 0.29) is 12.2 Å². The standard InChI is InChI=1S/C16H26N2O2/c1-12-7-8-16(20-12)15(19)11-13-9-10-18(17-13)14-5-3-2-4-6-14/h9-10,12,14-16,19H,2-8,11H2,1H3. The minimum absolute atomic E-state index is 0.00942. The van der Waals surface area contributed by atoms with Crippen LogP contribution >= 0.6 is 0 Å². The molecule has 4 heteroatoms. The largest absolute Gasteiger partial charge is 0.390 e. The predicted octanol–water partition coefficient (Wildman–Crippen LogP) is 2.86. The zero-order chi connectivity index (χ0) is 13.9. The van der Waals surface area contributed by atoms with E-state index in [1.54, 1.807) is 0 Å². The van der Waals surface area contributed by atoms with Gasteiger partial charge in [-0.25, -0.2) is 0 Å². The van der Waals surface area contributed by atoms with Gasteiger partial charge in [0.1, 0.15) is 0 Å². The molecule has 1 N–H and O–H groups in total. The van der Waals surface area contributed by atoms with Gasteiger partial charge < -0.3 is 9.84 Å². The van der Waals surface area contributed by atoms with Crippen molar-refractivity contribution in [1.82, 2.24) is 9.78 Å². The average Bonchev–Trinajstić information content (AvgIpc) is 3.09. The minimum Gasteiger partial charge on any atom is -0.390 e. The van der Waals surface area contributed by atoms with Gasteiger partial charge in [0.05, 0.1) is 30.0 Å². The Morgan fingerprint density at radius 1 is 1.30 bits per heavy atom. The molecule has 0 amide bonds. The molecule has 112 valence electrons. The lowest BCUT2D eigenvalue weighted by molar-refractivity contribution is -0.0282. The Kier molecular flexibility index (Phi) is 4.41. The van der Waals surface area contributed by atoms with Crippen LogP contribution in [-0.2, 0) is 11.2 Å². The lowest BCUT2D eigenvalue weighted by Gasteiger charge is -2.22. The number of nitrogens with zero attached hydrogens (tertiary/aromatic N) is 2. The van der Waals surface area contributed by atoms with Crippen LogP contribution in [0.15, 0.2) is 12.3 Å². The maximum atomic E-state index is 10.3. The summed E-state index contributed by atoms with van der Waals surface area (Å²) in [5.74, 6) is 0. The van der Waals surface area contributed by atoms with Crippen LogP contribution in [0.25, 0.3) is 0 Å². The molecule has 1 saturated carbocycles. The molecule has 3 atom stereocenters. The van der Waals surface area contributed by atoms with E-state index in [2.05, 4.69) is 29.0 Å². The van der Waals surface area contributed by atoms with Crippen LogP contribution in [0.5, 0.6) is 0 Å². The van der Waals surface area contributed by atoms with Gasteiger partial charge >= 0.3 is 0 Å². The van der Waals surface area contributed by atoms with Gasteiger partial charge in [-0.3, -0.25) is 4.68 Å². The normalized spacial score (nSPS) is 29.7. The summed E-state index contributed by atoms with van der Waals surface area (Å²) in [5.41, 5.74) is 0.992. The van der Waals surface area contributed by atoms with Crippen LogP contribution in [0, 0.1) is 0 Å². The third kappa shape index (κ3) is 3.23. The van der Waals surface area contributed by atoms with Crippen molar-refractivity contribution in [1.29, 1.82) is 0 Å². The molecular weight excluding hydrogens is 252 g/mol. The SMILES string of the molecule is CC1CCC(C(O)Cc2ccn(C3CCCCC3)n2)O1. The van der Waals surface area contributed by atoms with Gasteiger partial charge in [0, 0.05) is 12.6 Å². The second kappa shape index (κ2) is 6.27. The first-order valence-electron chi connectivity index (χ1n) is 8.10. The zero-order valence-electron chi connectivity index (χ0n) is 12.4. The third-order valence-corrected chi connectivity index (χ3v) is 4.72. The fourth-order valence-corrected chi connectivity index (χ4v) is 3.50. The van der Waals surface area contributed by atoms with Gasteiger partial charge in [-0.1, -0.05) is 19.3 Å². The number of rotatable bonds is 4. The molecular formula is C16H26N2O2. The van der Waals surface area contributed by atoms with Crippen molar-refractivity contribution >= 4 is 0 Å². The van der Waals surface area contributed by atoms with Crippen molar-refractivity contribution < 1.29 is 9.84 Å². The maximum absolute atomic E-state index is 10.3. The smallest absolute Gasteiger partial charge is 0.0857 e. The molecule has 0 spiro atoms. The van der Waals surface area contributed by atoms with Crippen LogP contribution in [0.2, 0.25) is 0 Å². The summed E-state index contributed by atoms with van der Waals surface area (Å²) < 4.78 is 7.84. The Morgan fingerprint density at radius 2 is 2.10 bits per heavy atom. The fourth-order valence-electron chi connectivity index (χ4n) is 3.50. The Hall–Kier alpha value is -0.870. The topological polar surface area (TPSA) is 47.3 Å². The van der Waals surface area contributed by atoms with E-state index in [1.165, 1.54) is 32.1 Å². The molecule has 3 unspecified atom stereocenters. The first-order valence-corrected chi connectivity index (χ1v) is 8.10. The van der Waals surface area contributed by atoms with Crippen molar-refractivity contribution in [3.05, 3.63) is 18.0 Å². The highest BCUT2D eigenvalue weighted by atomic mass is 16.5. The Morgan fingerprint density at radius 3 is 2.80 bits per heavy atom. The van der Waals surface area contributed by atoms with Crippen LogP contribution in [0.3, 0.4) is 0 Å². The summed E-state index contributed by atoms with van der Waals surface area (Å²) in [7, 11) is 0. The van der Waals surface area contributed by atoms with E-state index in [9.17, 15) is 5.11 Å². The molecule has 4 nitrogen and oxygen atoms in total. The summed E-state index contributed by atoms with van der Waals surface area (Å²) in [6.45, 7) is 2.07. The van der Waals surface area contributed by atoms with Gasteiger partial charge in [0.15, 0.2) is 0 Å². The summed E-state index contributed by atoms with van der Waals surface area (Å²) >= 11 is 0. The second-order valence-corrected chi connectivity index (χ2v) is 6.41. The van der Waals surface area contributed by atoms with E-state index < -0.39 is 6.10 Å². The van der Waals surface area contributed by atoms with Gasteiger partial charge in [-0.15, -0.1) is 0 Å². The van der Waals surface area contributed by atoms with Gasteiger partial charge in [-0.2, -0.15) is 5.10 Å². The van der Waals surface area contributed by atoms with Gasteiger partial charge in [-0.05, 0) is 38.7 Å². The molecule has 0 bridgehead atoms. The number of hydrogen-bond donors (Lipinski definition) is 1. The van der Waals surface area contributed by atoms with E-state index in [4.69, 9.17) is 4.74 Å². The van der Waals surface area contributed by atoms with Gasteiger partial charge in [0.25, 0.3) is 0 Å². The molecule has 20 heavy (non-hydrogen) atoms. The minimum atomic E-state index is -0.422. The molecule has 2 aliphatic rings. The molecule has 2 heterocycles. The van der Waals surface area contributed by atoms with Crippen molar-refractivity contribution in [3.63, 3.8) is 0 Å². The monoisotopic (exact) mass is 278 g/mol. The Labute approximate surface area is 121 Å². The van der Waals surface area contributed by atoms with E-state index >= 15 is 0 Å². The number of aliphatic hydroxyl groups excluding tert-OH is 1. The Bertz CT molecular complexity index is 426. The first kappa shape index (κ1) is 14.1. The molecule has 1 aromatic heterocycles. The van der Waals surface area contributed by atoms with E-state index in [0.717, 1.165) is 18.5 Å². The molecule has 0 radical (unpaired) electrons. The quantitative estimate of drug-likeness (QED) is 0.921. The van der Waals surface area contributed by atoms with Crippen molar-refractivity contribution in [3.8, 4) is 0 Å². The van der Waals surface area contributed by atoms with Crippen molar-refractivity contribution in [2.24, 2.45) is 0 Å². The van der Waals surface area contributed by atoms with Crippen LogP contribution < -0.4 is 0 Å². The highest BCUT2D eigenvalue weighted by Crippen LogP contribution is 2.28. The Balaban J connectivity index is 1.56. The molecule has 2 fully saturated rings. The molecule has 3 rings (SSSR count). The van der Waals surface area contributed by atoms with Crippen molar-refractivity contribution in [2.45, 2.75) is 82.6 Å². The van der Waals surface area contributed by atoms with E-state index in [1.807, 2.05) is 0 Å². The summed E-state index contributed by atoms with van der Waals surface area (Å²) in [5, 5.41) is 14.9. The van der Waals surface area contributed by atoms with Crippen LogP contribution in [-0.4, -0.2) is 33.2 Å². The first-order chi connectivity index (χ1) is 9.72. The number of aromatic nitrogens is 2. The lowest BCUT2D eigenvalue weighted by Crippen LogP contribution is -2.28. The molecule has 1 aliphatic carbocycles. The summed E-state index contributed by atoms with van der Waals surface area (Å²) in [6, 6.07) is 2.62. The predicted molar refractivity (Wildman–Crippen MR) is 77.6 cm³/mol. The van der Waals surface area contributed by atoms with Crippen molar-refractivity contribution in [2.75, 3.05) is 0 Å². The zero-order valence-corrected chi connectivity index (χ0v) is 12.4. The fraction of sp³-hybridized carbons (Fsp3) is 0.812. The number of hydrogen-bond acceptors (Lipinski definition) is 3. The highest BCUT2D eigenvalue weighted by Gasteiger charge is 2.29. The summed E-state index contributed by atoms with van der Waals surface area (Å²) in [6.07, 6.45) is 11.0.